The summed E-state index contributed by atoms with van der Waals surface area (Å²) >= 11 is 6.04. The zero-order valence-corrected chi connectivity index (χ0v) is 17.0. The number of likely N-dealkylation sites (tertiary alicyclic amines) is 1. The van der Waals surface area contributed by atoms with Gasteiger partial charge in [-0.05, 0) is 42.5 Å². The SMILES string of the molecule is O=C(Oc1ccccc1)N1CCC(CNS(=O)(=O)Cc2ccccc2Cl)CC1. The Labute approximate surface area is 170 Å². The first kappa shape index (κ1) is 20.6. The molecule has 1 N–H and O–H groups in total. The number of carbonyl (C=O) groups is 1. The summed E-state index contributed by atoms with van der Waals surface area (Å²) in [5.74, 6) is 0.554. The van der Waals surface area contributed by atoms with Crippen LogP contribution in [0.1, 0.15) is 18.4 Å². The van der Waals surface area contributed by atoms with Crippen LogP contribution in [0.4, 0.5) is 4.79 Å². The summed E-state index contributed by atoms with van der Waals surface area (Å²) in [7, 11) is -3.47. The summed E-state index contributed by atoms with van der Waals surface area (Å²) in [5.41, 5.74) is 0.579. The smallest absolute Gasteiger partial charge is 0.410 e. The van der Waals surface area contributed by atoms with Gasteiger partial charge in [0, 0.05) is 24.7 Å². The van der Waals surface area contributed by atoms with Gasteiger partial charge in [-0.25, -0.2) is 17.9 Å². The van der Waals surface area contributed by atoms with Gasteiger partial charge in [0.05, 0.1) is 5.75 Å². The Balaban J connectivity index is 1.44. The van der Waals surface area contributed by atoms with Crippen molar-refractivity contribution >= 4 is 27.7 Å². The first-order chi connectivity index (χ1) is 13.4. The fourth-order valence-corrected chi connectivity index (χ4v) is 4.62. The second-order valence-corrected chi connectivity index (χ2v) is 9.02. The largest absolute Gasteiger partial charge is 0.415 e. The molecule has 1 aliphatic rings. The molecule has 8 heteroatoms. The number of nitrogens with one attached hydrogen (secondary N) is 1. The first-order valence-corrected chi connectivity index (χ1v) is 11.2. The normalized spacial score (nSPS) is 15.4. The van der Waals surface area contributed by atoms with Crippen molar-refractivity contribution in [3.05, 3.63) is 65.2 Å². The van der Waals surface area contributed by atoms with Gasteiger partial charge in [-0.3, -0.25) is 0 Å². The van der Waals surface area contributed by atoms with Crippen LogP contribution >= 0.6 is 11.6 Å². The number of hydrogen-bond acceptors (Lipinski definition) is 4. The van der Waals surface area contributed by atoms with E-state index in [0.717, 1.165) is 12.8 Å². The topological polar surface area (TPSA) is 75.7 Å². The van der Waals surface area contributed by atoms with E-state index in [-0.39, 0.29) is 17.8 Å². The number of ether oxygens (including phenoxy) is 1. The lowest BCUT2D eigenvalue weighted by Gasteiger charge is -2.31. The highest BCUT2D eigenvalue weighted by molar-refractivity contribution is 7.88. The van der Waals surface area contributed by atoms with Crippen molar-refractivity contribution in [3.63, 3.8) is 0 Å². The summed E-state index contributed by atoms with van der Waals surface area (Å²) < 4.78 is 32.6. The second kappa shape index (κ2) is 9.41. The number of benzene rings is 2. The van der Waals surface area contributed by atoms with Crippen LogP contribution in [0.2, 0.25) is 5.02 Å². The van der Waals surface area contributed by atoms with Crippen molar-refractivity contribution in [2.24, 2.45) is 5.92 Å². The average molecular weight is 423 g/mol. The molecular weight excluding hydrogens is 400 g/mol. The molecular formula is C20H23ClN2O4S. The van der Waals surface area contributed by atoms with E-state index >= 15 is 0 Å². The van der Waals surface area contributed by atoms with Crippen LogP contribution in [0.3, 0.4) is 0 Å². The van der Waals surface area contributed by atoms with Crippen molar-refractivity contribution in [1.82, 2.24) is 9.62 Å². The number of sulfonamides is 1. The standard InChI is InChI=1S/C20H23ClN2O4S/c21-19-9-5-4-6-17(19)15-28(25,26)22-14-16-10-12-23(13-11-16)20(24)27-18-7-2-1-3-8-18/h1-9,16,22H,10-15H2. The second-order valence-electron chi connectivity index (χ2n) is 6.81. The number of piperidine rings is 1. The van der Waals surface area contributed by atoms with Crippen molar-refractivity contribution in [2.45, 2.75) is 18.6 Å². The van der Waals surface area contributed by atoms with Crippen LogP contribution in [-0.2, 0) is 15.8 Å². The predicted octanol–water partition coefficient (Wildman–Crippen LogP) is 3.67. The van der Waals surface area contributed by atoms with Crippen molar-refractivity contribution in [3.8, 4) is 5.75 Å². The number of carbonyl (C=O) groups excluding carboxylic acids is 1. The van der Waals surface area contributed by atoms with Crippen LogP contribution in [0.25, 0.3) is 0 Å². The Morgan fingerprint density at radius 2 is 1.71 bits per heavy atom. The van der Waals surface area contributed by atoms with Crippen LogP contribution < -0.4 is 9.46 Å². The van der Waals surface area contributed by atoms with Crippen LogP contribution in [-0.4, -0.2) is 39.0 Å². The minimum absolute atomic E-state index is 0.144. The average Bonchev–Trinajstić information content (AvgIpc) is 2.69. The molecule has 150 valence electrons. The summed E-state index contributed by atoms with van der Waals surface area (Å²) in [6.45, 7) is 1.44. The quantitative estimate of drug-likeness (QED) is 0.770. The molecule has 0 radical (unpaired) electrons. The molecule has 2 aromatic carbocycles. The number of para-hydroxylation sites is 1. The molecule has 0 aliphatic carbocycles. The third-order valence-electron chi connectivity index (χ3n) is 4.72. The molecule has 0 atom stereocenters. The van der Waals surface area contributed by atoms with E-state index in [1.807, 2.05) is 18.2 Å². The maximum absolute atomic E-state index is 12.3. The lowest BCUT2D eigenvalue weighted by Crippen LogP contribution is -2.42. The van der Waals surface area contributed by atoms with Crippen molar-refractivity contribution < 1.29 is 17.9 Å². The summed E-state index contributed by atoms with van der Waals surface area (Å²) in [4.78, 5) is 13.9. The fourth-order valence-electron chi connectivity index (χ4n) is 3.09. The van der Waals surface area contributed by atoms with Gasteiger partial charge in [0.2, 0.25) is 10.0 Å². The Bertz CT molecular complexity index is 897. The molecule has 28 heavy (non-hydrogen) atoms. The molecule has 0 aromatic heterocycles. The maximum Gasteiger partial charge on any atom is 0.415 e. The first-order valence-electron chi connectivity index (χ1n) is 9.15. The van der Waals surface area contributed by atoms with Gasteiger partial charge in [-0.1, -0.05) is 48.0 Å². The molecule has 0 spiro atoms. The lowest BCUT2D eigenvalue weighted by atomic mass is 9.97. The molecule has 1 heterocycles. The number of hydrogen-bond donors (Lipinski definition) is 1. The summed E-state index contributed by atoms with van der Waals surface area (Å²) in [6, 6.07) is 15.9. The van der Waals surface area contributed by atoms with E-state index in [4.69, 9.17) is 16.3 Å². The molecule has 2 aromatic rings. The molecule has 1 saturated heterocycles. The Morgan fingerprint density at radius 3 is 2.39 bits per heavy atom. The molecule has 0 saturated carbocycles. The Hall–Kier alpha value is -2.09. The van der Waals surface area contributed by atoms with Gasteiger partial charge in [-0.2, -0.15) is 0 Å². The monoisotopic (exact) mass is 422 g/mol. The van der Waals surface area contributed by atoms with E-state index in [0.29, 0.717) is 36.0 Å². The zero-order valence-electron chi connectivity index (χ0n) is 15.4. The molecule has 3 rings (SSSR count). The number of amides is 1. The van der Waals surface area contributed by atoms with E-state index < -0.39 is 10.0 Å². The fraction of sp³-hybridized carbons (Fsp3) is 0.350. The zero-order chi connectivity index (χ0) is 20.0. The van der Waals surface area contributed by atoms with Gasteiger partial charge in [0.25, 0.3) is 0 Å². The van der Waals surface area contributed by atoms with Gasteiger partial charge >= 0.3 is 6.09 Å². The van der Waals surface area contributed by atoms with Gasteiger partial charge in [-0.15, -0.1) is 0 Å². The van der Waals surface area contributed by atoms with E-state index in [1.165, 1.54) is 0 Å². The Morgan fingerprint density at radius 1 is 1.07 bits per heavy atom. The molecule has 0 unspecified atom stereocenters. The highest BCUT2D eigenvalue weighted by Gasteiger charge is 2.25. The molecule has 0 bridgehead atoms. The lowest BCUT2D eigenvalue weighted by molar-refractivity contribution is 0.131. The molecule has 1 aliphatic heterocycles. The summed E-state index contributed by atoms with van der Waals surface area (Å²) in [5, 5.41) is 0.443. The van der Waals surface area contributed by atoms with Gasteiger partial charge < -0.3 is 9.64 Å². The van der Waals surface area contributed by atoms with E-state index in [2.05, 4.69) is 4.72 Å². The third-order valence-corrected chi connectivity index (χ3v) is 6.38. The van der Waals surface area contributed by atoms with E-state index in [1.54, 1.807) is 41.3 Å². The molecule has 1 amide bonds. The minimum Gasteiger partial charge on any atom is -0.410 e. The molecule has 1 fully saturated rings. The third kappa shape index (κ3) is 5.95. The Kier molecular flexibility index (Phi) is 6.93. The minimum atomic E-state index is -3.47. The highest BCUT2D eigenvalue weighted by atomic mass is 35.5. The van der Waals surface area contributed by atoms with E-state index in [9.17, 15) is 13.2 Å². The van der Waals surface area contributed by atoms with Crippen molar-refractivity contribution in [1.29, 1.82) is 0 Å². The van der Waals surface area contributed by atoms with Crippen LogP contribution in [0.5, 0.6) is 5.75 Å². The number of rotatable bonds is 6. The van der Waals surface area contributed by atoms with Crippen LogP contribution in [0.15, 0.2) is 54.6 Å². The number of halogens is 1. The summed E-state index contributed by atoms with van der Waals surface area (Å²) in [6.07, 6.45) is 1.07. The van der Waals surface area contributed by atoms with Gasteiger partial charge in [0.15, 0.2) is 0 Å². The highest BCUT2D eigenvalue weighted by Crippen LogP contribution is 2.20. The van der Waals surface area contributed by atoms with Crippen molar-refractivity contribution in [2.75, 3.05) is 19.6 Å². The number of nitrogens with zero attached hydrogens (tertiary/aromatic N) is 1. The van der Waals surface area contributed by atoms with Gasteiger partial charge in [0.1, 0.15) is 5.75 Å². The predicted molar refractivity (Wildman–Crippen MR) is 109 cm³/mol. The maximum atomic E-state index is 12.3. The van der Waals surface area contributed by atoms with Crippen LogP contribution in [0, 0.1) is 5.92 Å². The molecule has 6 nitrogen and oxygen atoms in total.